The average molecular weight is 276 g/mol. The molecule has 1 N–H and O–H groups in total. The highest BCUT2D eigenvalue weighted by Crippen LogP contribution is 2.26. The summed E-state index contributed by atoms with van der Waals surface area (Å²) in [5.74, 6) is 1.78. The van der Waals surface area contributed by atoms with E-state index in [1.165, 1.54) is 12.8 Å². The molecule has 3 nitrogen and oxygen atoms in total. The summed E-state index contributed by atoms with van der Waals surface area (Å²) in [5, 5.41) is 3.94. The smallest absolute Gasteiger partial charge is 0.223 e. The molecule has 0 aliphatic carbocycles. The van der Waals surface area contributed by atoms with Crippen LogP contribution in [0, 0.1) is 0 Å². The molecule has 1 aromatic rings. The molecule has 0 radical (unpaired) electrons. The van der Waals surface area contributed by atoms with Crippen LogP contribution in [0.3, 0.4) is 0 Å². The second-order valence-electron chi connectivity index (χ2n) is 2.80. The third kappa shape index (κ3) is 3.46. The molecule has 0 aliphatic rings. The van der Waals surface area contributed by atoms with Crippen LogP contribution >= 0.6 is 27.7 Å². The van der Waals surface area contributed by atoms with Gasteiger partial charge in [0.2, 0.25) is 5.95 Å². The third-order valence-corrected chi connectivity index (χ3v) is 3.59. The maximum absolute atomic E-state index is 4.36. The molecule has 0 amide bonds. The summed E-state index contributed by atoms with van der Waals surface area (Å²) in [6.07, 6.45) is 4.22. The summed E-state index contributed by atoms with van der Waals surface area (Å²) >= 11 is 5.20. The van der Waals surface area contributed by atoms with Crippen LogP contribution in [0.15, 0.2) is 15.7 Å². The van der Waals surface area contributed by atoms with E-state index in [4.69, 9.17) is 0 Å². The van der Waals surface area contributed by atoms with Crippen LogP contribution in [-0.4, -0.2) is 22.8 Å². The number of hydrogen-bond acceptors (Lipinski definition) is 4. The van der Waals surface area contributed by atoms with Gasteiger partial charge in [0.25, 0.3) is 0 Å². The number of hydrogen-bond donors (Lipinski definition) is 1. The van der Waals surface area contributed by atoms with Crippen molar-refractivity contribution in [3.8, 4) is 0 Å². The first-order valence-electron chi connectivity index (χ1n) is 4.61. The van der Waals surface area contributed by atoms with Gasteiger partial charge in [0.15, 0.2) is 0 Å². The minimum Gasteiger partial charge on any atom is -0.357 e. The Morgan fingerprint density at radius 2 is 2.36 bits per heavy atom. The van der Waals surface area contributed by atoms with Gasteiger partial charge in [-0.15, -0.1) is 11.8 Å². The summed E-state index contributed by atoms with van der Waals surface area (Å²) in [6.45, 7) is 2.19. The van der Waals surface area contributed by atoms with Crippen LogP contribution in [0.5, 0.6) is 0 Å². The van der Waals surface area contributed by atoms with E-state index in [2.05, 4.69) is 38.1 Å². The van der Waals surface area contributed by atoms with E-state index >= 15 is 0 Å². The fourth-order valence-corrected chi connectivity index (χ4v) is 2.39. The number of halogens is 1. The minimum absolute atomic E-state index is 0.673. The maximum atomic E-state index is 4.36. The van der Waals surface area contributed by atoms with Crippen molar-refractivity contribution in [1.82, 2.24) is 9.97 Å². The molecule has 0 saturated carbocycles. The van der Waals surface area contributed by atoms with Crippen LogP contribution in [0.1, 0.15) is 19.8 Å². The summed E-state index contributed by atoms with van der Waals surface area (Å²) in [6, 6.07) is 0. The Hall–Kier alpha value is -0.290. The Morgan fingerprint density at radius 3 is 3.00 bits per heavy atom. The predicted molar refractivity (Wildman–Crippen MR) is 64.9 cm³/mol. The number of rotatable bonds is 5. The van der Waals surface area contributed by atoms with E-state index < -0.39 is 0 Å². The normalized spacial score (nSPS) is 10.2. The number of unbranched alkanes of at least 4 members (excludes halogenated alkanes) is 1. The molecule has 14 heavy (non-hydrogen) atoms. The molecule has 0 aromatic carbocycles. The molecule has 0 atom stereocenters. The molecule has 0 spiro atoms. The number of thioether (sulfide) groups is 1. The van der Waals surface area contributed by atoms with Crippen LogP contribution in [0.4, 0.5) is 5.95 Å². The van der Waals surface area contributed by atoms with Crippen molar-refractivity contribution in [1.29, 1.82) is 0 Å². The zero-order valence-corrected chi connectivity index (χ0v) is 10.8. The summed E-state index contributed by atoms with van der Waals surface area (Å²) in [4.78, 5) is 8.46. The molecule has 0 bridgehead atoms. The second kappa shape index (κ2) is 6.24. The first-order chi connectivity index (χ1) is 6.77. The first kappa shape index (κ1) is 11.8. The van der Waals surface area contributed by atoms with E-state index in [9.17, 15) is 0 Å². The Kier molecular flexibility index (Phi) is 5.25. The minimum atomic E-state index is 0.673. The Morgan fingerprint density at radius 1 is 1.57 bits per heavy atom. The summed E-state index contributed by atoms with van der Waals surface area (Å²) in [7, 11) is 1.82. The molecule has 5 heteroatoms. The van der Waals surface area contributed by atoms with Gasteiger partial charge in [-0.25, -0.2) is 9.97 Å². The summed E-state index contributed by atoms with van der Waals surface area (Å²) in [5.41, 5.74) is 0. The van der Waals surface area contributed by atoms with E-state index in [-0.39, 0.29) is 0 Å². The number of nitrogens with one attached hydrogen (secondary N) is 1. The van der Waals surface area contributed by atoms with Gasteiger partial charge in [0.05, 0.1) is 4.47 Å². The van der Waals surface area contributed by atoms with E-state index in [0.29, 0.717) is 5.95 Å². The van der Waals surface area contributed by atoms with Crippen molar-refractivity contribution in [2.24, 2.45) is 0 Å². The molecule has 78 valence electrons. The maximum Gasteiger partial charge on any atom is 0.223 e. The highest BCUT2D eigenvalue weighted by atomic mass is 79.9. The van der Waals surface area contributed by atoms with Crippen LogP contribution in [0.25, 0.3) is 0 Å². The van der Waals surface area contributed by atoms with Crippen molar-refractivity contribution in [2.45, 2.75) is 24.8 Å². The van der Waals surface area contributed by atoms with Crippen molar-refractivity contribution in [3.63, 3.8) is 0 Å². The monoisotopic (exact) mass is 275 g/mol. The molecule has 0 saturated heterocycles. The van der Waals surface area contributed by atoms with Crippen molar-refractivity contribution in [2.75, 3.05) is 18.1 Å². The first-order valence-corrected chi connectivity index (χ1v) is 6.39. The van der Waals surface area contributed by atoms with Crippen molar-refractivity contribution < 1.29 is 0 Å². The third-order valence-electron chi connectivity index (χ3n) is 1.67. The molecule has 0 fully saturated rings. The average Bonchev–Trinajstić information content (AvgIpc) is 2.21. The zero-order chi connectivity index (χ0) is 10.4. The van der Waals surface area contributed by atoms with Crippen molar-refractivity contribution in [3.05, 3.63) is 10.7 Å². The standard InChI is InChI=1S/C9H14BrN3S/c1-3-4-5-14-8-7(10)6-12-9(11-2)13-8/h6H,3-5H2,1-2H3,(H,11,12,13). The lowest BCUT2D eigenvalue weighted by Crippen LogP contribution is -1.97. The number of nitrogens with zero attached hydrogens (tertiary/aromatic N) is 2. The lowest BCUT2D eigenvalue weighted by Gasteiger charge is -2.04. The van der Waals surface area contributed by atoms with Crippen LogP contribution < -0.4 is 5.32 Å². The molecular weight excluding hydrogens is 262 g/mol. The van der Waals surface area contributed by atoms with Gasteiger partial charge in [-0.3, -0.25) is 0 Å². The van der Waals surface area contributed by atoms with E-state index in [1.54, 1.807) is 18.0 Å². The quantitative estimate of drug-likeness (QED) is 0.509. The van der Waals surface area contributed by atoms with Gasteiger partial charge in [-0.05, 0) is 28.1 Å². The topological polar surface area (TPSA) is 37.8 Å². The zero-order valence-electron chi connectivity index (χ0n) is 8.38. The van der Waals surface area contributed by atoms with Gasteiger partial charge in [0.1, 0.15) is 5.03 Å². The second-order valence-corrected chi connectivity index (χ2v) is 4.74. The number of aromatic nitrogens is 2. The van der Waals surface area contributed by atoms with Crippen molar-refractivity contribution >= 4 is 33.6 Å². The highest BCUT2D eigenvalue weighted by Gasteiger charge is 2.04. The van der Waals surface area contributed by atoms with Gasteiger partial charge >= 0.3 is 0 Å². The van der Waals surface area contributed by atoms with Gasteiger partial charge in [-0.1, -0.05) is 13.3 Å². The van der Waals surface area contributed by atoms with Gasteiger partial charge in [0, 0.05) is 13.2 Å². The highest BCUT2D eigenvalue weighted by molar-refractivity contribution is 9.10. The van der Waals surface area contributed by atoms with Crippen LogP contribution in [-0.2, 0) is 0 Å². The molecular formula is C9H14BrN3S. The van der Waals surface area contributed by atoms with E-state index in [0.717, 1.165) is 15.3 Å². The largest absolute Gasteiger partial charge is 0.357 e. The lowest BCUT2D eigenvalue weighted by atomic mass is 10.4. The Bertz CT molecular complexity index is 293. The number of anilines is 1. The molecule has 0 aliphatic heterocycles. The predicted octanol–water partition coefficient (Wildman–Crippen LogP) is 3.17. The SMILES string of the molecule is CCCCSc1nc(NC)ncc1Br. The Balaban J connectivity index is 2.64. The van der Waals surface area contributed by atoms with Gasteiger partial charge < -0.3 is 5.32 Å². The fourth-order valence-electron chi connectivity index (χ4n) is 0.886. The lowest BCUT2D eigenvalue weighted by molar-refractivity contribution is 0.893. The van der Waals surface area contributed by atoms with Gasteiger partial charge in [-0.2, -0.15) is 0 Å². The molecule has 1 heterocycles. The molecule has 0 unspecified atom stereocenters. The summed E-state index contributed by atoms with van der Waals surface area (Å²) < 4.78 is 0.970. The van der Waals surface area contributed by atoms with E-state index in [1.807, 2.05) is 7.05 Å². The fraction of sp³-hybridized carbons (Fsp3) is 0.556. The Labute approximate surface area is 97.2 Å². The van der Waals surface area contributed by atoms with Crippen LogP contribution in [0.2, 0.25) is 0 Å². The molecule has 1 aromatic heterocycles. The molecule has 1 rings (SSSR count).